The molecule has 0 aromatic carbocycles. The minimum Gasteiger partial charge on any atom is -0.481 e. The van der Waals surface area contributed by atoms with Crippen molar-refractivity contribution >= 4 is 5.97 Å². The topological polar surface area (TPSA) is 65.0 Å². The molecule has 0 radical (unpaired) electrons. The van der Waals surface area contributed by atoms with Crippen molar-refractivity contribution in [2.24, 2.45) is 11.3 Å². The molecule has 2 rings (SSSR count). The number of hydrogen-bond acceptors (Lipinski definition) is 4. The summed E-state index contributed by atoms with van der Waals surface area (Å²) in [5, 5.41) is 9.26. The first-order valence-corrected chi connectivity index (χ1v) is 8.02. The lowest BCUT2D eigenvalue weighted by Crippen LogP contribution is -2.40. The molecule has 2 bridgehead atoms. The number of rotatable bonds is 9. The molecule has 2 heterocycles. The highest BCUT2D eigenvalue weighted by molar-refractivity contribution is 5.72. The van der Waals surface area contributed by atoms with Crippen LogP contribution in [-0.4, -0.2) is 42.8 Å². The molecule has 2 aliphatic heterocycles. The van der Waals surface area contributed by atoms with Gasteiger partial charge in [0, 0.05) is 6.61 Å². The third-order valence-electron chi connectivity index (χ3n) is 4.93. The van der Waals surface area contributed by atoms with Crippen LogP contribution < -0.4 is 0 Å². The summed E-state index contributed by atoms with van der Waals surface area (Å²) in [7, 11) is 0. The molecule has 21 heavy (non-hydrogen) atoms. The van der Waals surface area contributed by atoms with Gasteiger partial charge < -0.3 is 19.3 Å². The summed E-state index contributed by atoms with van der Waals surface area (Å²) in [4.78, 5) is 11.3. The smallest absolute Gasteiger partial charge is 0.311 e. The van der Waals surface area contributed by atoms with Gasteiger partial charge in [-0.3, -0.25) is 4.79 Å². The minimum atomic E-state index is -0.822. The van der Waals surface area contributed by atoms with Gasteiger partial charge in [0.2, 0.25) is 0 Å². The Morgan fingerprint density at radius 3 is 2.71 bits per heavy atom. The third kappa shape index (κ3) is 4.18. The number of carboxylic acids is 1. The van der Waals surface area contributed by atoms with Gasteiger partial charge in [-0.1, -0.05) is 27.2 Å². The average Bonchev–Trinajstić information content (AvgIpc) is 3.03. The molecule has 2 saturated heterocycles. The van der Waals surface area contributed by atoms with Crippen LogP contribution in [0.25, 0.3) is 0 Å². The van der Waals surface area contributed by atoms with E-state index >= 15 is 0 Å². The summed E-state index contributed by atoms with van der Waals surface area (Å²) in [6.07, 6.45) is 4.40. The number of carboxylic acid groups (broad SMARTS) is 1. The third-order valence-corrected chi connectivity index (χ3v) is 4.93. The van der Waals surface area contributed by atoms with Gasteiger partial charge in [-0.15, -0.1) is 0 Å². The summed E-state index contributed by atoms with van der Waals surface area (Å²) in [5.41, 5.74) is 0.358. The summed E-state index contributed by atoms with van der Waals surface area (Å²) in [5.74, 6) is -1.36. The second-order valence-electron chi connectivity index (χ2n) is 6.93. The molecule has 0 spiro atoms. The summed E-state index contributed by atoms with van der Waals surface area (Å²) in [6.45, 7) is 7.53. The first-order valence-electron chi connectivity index (χ1n) is 8.02. The highest BCUT2D eigenvalue weighted by Crippen LogP contribution is 2.40. The molecule has 0 saturated carbocycles. The molecule has 5 nitrogen and oxygen atoms in total. The first-order chi connectivity index (χ1) is 9.94. The molecule has 0 aromatic heterocycles. The van der Waals surface area contributed by atoms with Gasteiger partial charge in [0.15, 0.2) is 0 Å². The fraction of sp³-hybridized carbons (Fsp3) is 0.938. The Morgan fingerprint density at radius 2 is 2.05 bits per heavy atom. The van der Waals surface area contributed by atoms with Crippen molar-refractivity contribution in [3.8, 4) is 0 Å². The van der Waals surface area contributed by atoms with E-state index in [1.54, 1.807) is 0 Å². The maximum absolute atomic E-state index is 11.3. The number of aliphatic carboxylic acids is 1. The molecule has 2 fully saturated rings. The van der Waals surface area contributed by atoms with Gasteiger partial charge in [-0.2, -0.15) is 0 Å². The van der Waals surface area contributed by atoms with Crippen LogP contribution >= 0.6 is 0 Å². The van der Waals surface area contributed by atoms with E-state index < -0.39 is 11.9 Å². The molecule has 0 amide bonds. The first kappa shape index (κ1) is 16.7. The molecule has 0 aromatic rings. The van der Waals surface area contributed by atoms with E-state index in [0.29, 0.717) is 12.0 Å². The SMILES string of the molecule is CCC(C)(C)CCCOCOC1C2CCC(O2)C1C(=O)O. The van der Waals surface area contributed by atoms with Crippen molar-refractivity contribution in [2.45, 2.75) is 71.2 Å². The lowest BCUT2D eigenvalue weighted by Gasteiger charge is -2.25. The maximum Gasteiger partial charge on any atom is 0.311 e. The second kappa shape index (κ2) is 7.07. The van der Waals surface area contributed by atoms with Crippen molar-refractivity contribution in [1.29, 1.82) is 0 Å². The number of hydrogen-bond donors (Lipinski definition) is 1. The predicted octanol–water partition coefficient (Wildman–Crippen LogP) is 2.82. The molecule has 1 N–H and O–H groups in total. The Bertz CT molecular complexity index is 355. The van der Waals surface area contributed by atoms with Crippen molar-refractivity contribution in [1.82, 2.24) is 0 Å². The van der Waals surface area contributed by atoms with E-state index in [1.807, 2.05) is 0 Å². The summed E-state index contributed by atoms with van der Waals surface area (Å²) in [6, 6.07) is 0. The van der Waals surface area contributed by atoms with Gasteiger partial charge in [-0.05, 0) is 31.1 Å². The predicted molar refractivity (Wildman–Crippen MR) is 78.0 cm³/mol. The highest BCUT2D eigenvalue weighted by Gasteiger charge is 2.53. The Hall–Kier alpha value is -0.650. The van der Waals surface area contributed by atoms with Gasteiger partial charge in [-0.25, -0.2) is 0 Å². The monoisotopic (exact) mass is 300 g/mol. The van der Waals surface area contributed by atoms with Crippen LogP contribution in [0.4, 0.5) is 0 Å². The minimum absolute atomic E-state index is 0.0706. The van der Waals surface area contributed by atoms with E-state index in [-0.39, 0.29) is 25.1 Å². The standard InChI is InChI=1S/C16H28O5/c1-4-16(2,3)8-5-9-19-10-20-14-12-7-6-11(21-12)13(14)15(17)18/h11-14H,4-10H2,1-3H3,(H,17,18). The Labute approximate surface area is 126 Å². The molecular formula is C16H28O5. The van der Waals surface area contributed by atoms with Gasteiger partial charge >= 0.3 is 5.97 Å². The summed E-state index contributed by atoms with van der Waals surface area (Å²) < 4.78 is 16.8. The molecular weight excluding hydrogens is 272 g/mol. The van der Waals surface area contributed by atoms with Crippen LogP contribution in [-0.2, 0) is 19.0 Å². The zero-order valence-corrected chi connectivity index (χ0v) is 13.3. The van der Waals surface area contributed by atoms with Crippen LogP contribution in [0.5, 0.6) is 0 Å². The zero-order valence-electron chi connectivity index (χ0n) is 13.3. The van der Waals surface area contributed by atoms with Crippen molar-refractivity contribution < 1.29 is 24.1 Å². The number of ether oxygens (including phenoxy) is 3. The van der Waals surface area contributed by atoms with Crippen LogP contribution in [0.2, 0.25) is 0 Å². The zero-order chi connectivity index (χ0) is 15.5. The second-order valence-corrected chi connectivity index (χ2v) is 6.93. The lowest BCUT2D eigenvalue weighted by atomic mass is 9.85. The van der Waals surface area contributed by atoms with E-state index in [1.165, 1.54) is 0 Å². The fourth-order valence-corrected chi connectivity index (χ4v) is 3.16. The van der Waals surface area contributed by atoms with Crippen molar-refractivity contribution in [2.75, 3.05) is 13.4 Å². The van der Waals surface area contributed by atoms with Gasteiger partial charge in [0.05, 0.1) is 12.2 Å². The molecule has 122 valence electrons. The normalized spacial score (nSPS) is 31.8. The molecule has 4 unspecified atom stereocenters. The van der Waals surface area contributed by atoms with Crippen LogP contribution in [0.1, 0.15) is 52.9 Å². The van der Waals surface area contributed by atoms with Crippen LogP contribution in [0.15, 0.2) is 0 Å². The quantitative estimate of drug-likeness (QED) is 0.524. The lowest BCUT2D eigenvalue weighted by molar-refractivity contribution is -0.155. The summed E-state index contributed by atoms with van der Waals surface area (Å²) >= 11 is 0. The van der Waals surface area contributed by atoms with Crippen molar-refractivity contribution in [3.63, 3.8) is 0 Å². The molecule has 2 aliphatic rings. The Kier molecular flexibility index (Phi) is 5.63. The largest absolute Gasteiger partial charge is 0.481 e. The van der Waals surface area contributed by atoms with Gasteiger partial charge in [0.1, 0.15) is 18.8 Å². The van der Waals surface area contributed by atoms with Crippen LogP contribution in [0.3, 0.4) is 0 Å². The van der Waals surface area contributed by atoms with E-state index in [4.69, 9.17) is 14.2 Å². The van der Waals surface area contributed by atoms with E-state index in [9.17, 15) is 9.90 Å². The fourth-order valence-electron chi connectivity index (χ4n) is 3.16. The van der Waals surface area contributed by atoms with Gasteiger partial charge in [0.25, 0.3) is 0 Å². The Balaban J connectivity index is 1.64. The average molecular weight is 300 g/mol. The van der Waals surface area contributed by atoms with Crippen LogP contribution in [0, 0.1) is 11.3 Å². The maximum atomic E-state index is 11.3. The number of fused-ring (bicyclic) bond motifs is 2. The highest BCUT2D eigenvalue weighted by atomic mass is 16.7. The van der Waals surface area contributed by atoms with E-state index in [0.717, 1.165) is 32.1 Å². The van der Waals surface area contributed by atoms with Crippen molar-refractivity contribution in [3.05, 3.63) is 0 Å². The van der Waals surface area contributed by atoms with E-state index in [2.05, 4.69) is 20.8 Å². The number of carbonyl (C=O) groups is 1. The molecule has 0 aliphatic carbocycles. The molecule has 5 heteroatoms. The Morgan fingerprint density at radius 1 is 1.33 bits per heavy atom. The molecule has 4 atom stereocenters.